The third-order valence-corrected chi connectivity index (χ3v) is 2.53. The molecule has 0 fully saturated rings. The van der Waals surface area contributed by atoms with Crippen LogP contribution < -0.4 is 10.6 Å². The highest BCUT2D eigenvalue weighted by atomic mass is 16.3. The highest BCUT2D eigenvalue weighted by Crippen LogP contribution is 2.02. The summed E-state index contributed by atoms with van der Waals surface area (Å²) in [6, 6.07) is 0. The van der Waals surface area contributed by atoms with Crippen LogP contribution in [0.5, 0.6) is 0 Å². The van der Waals surface area contributed by atoms with E-state index in [4.69, 9.17) is 0 Å². The minimum atomic E-state index is -0.279. The highest BCUT2D eigenvalue weighted by Gasteiger charge is 2.12. The molecule has 0 rings (SSSR count). The van der Waals surface area contributed by atoms with Gasteiger partial charge in [0.2, 0.25) is 0 Å². The summed E-state index contributed by atoms with van der Waals surface area (Å²) in [6.07, 6.45) is 2.71. The van der Waals surface area contributed by atoms with Crippen LogP contribution in [0, 0.1) is 0 Å². The van der Waals surface area contributed by atoms with Crippen molar-refractivity contribution in [1.82, 2.24) is 15.5 Å². The van der Waals surface area contributed by atoms with Crippen molar-refractivity contribution in [1.29, 1.82) is 0 Å². The summed E-state index contributed by atoms with van der Waals surface area (Å²) in [5.41, 5.74) is 0. The average Bonchev–Trinajstić information content (AvgIpc) is 2.26. The van der Waals surface area contributed by atoms with Crippen molar-refractivity contribution in [2.45, 2.75) is 32.4 Å². The first-order chi connectivity index (χ1) is 7.26. The summed E-state index contributed by atoms with van der Waals surface area (Å²) in [5.74, 6) is 0. The molecule has 4 nitrogen and oxygen atoms in total. The quantitative estimate of drug-likeness (QED) is 0.362. The van der Waals surface area contributed by atoms with Crippen LogP contribution in [0.3, 0.4) is 0 Å². The summed E-state index contributed by atoms with van der Waals surface area (Å²) in [5, 5.41) is 16.1. The monoisotopic (exact) mass is 217 g/mol. The molecular weight excluding hydrogens is 190 g/mol. The molecule has 0 heterocycles. The lowest BCUT2D eigenvalue weighted by atomic mass is 10.3. The van der Waals surface area contributed by atoms with Crippen LogP contribution in [0.2, 0.25) is 0 Å². The number of hydrogen-bond donors (Lipinski definition) is 3. The van der Waals surface area contributed by atoms with E-state index in [9.17, 15) is 5.11 Å². The van der Waals surface area contributed by atoms with Gasteiger partial charge in [0.15, 0.2) is 0 Å². The fourth-order valence-corrected chi connectivity index (χ4v) is 1.59. The Morgan fingerprint density at radius 2 is 1.53 bits per heavy atom. The van der Waals surface area contributed by atoms with Crippen LogP contribution in [0.25, 0.3) is 0 Å². The number of hydrogen-bond acceptors (Lipinski definition) is 4. The van der Waals surface area contributed by atoms with Gasteiger partial charge in [-0.25, -0.2) is 0 Å². The Morgan fingerprint density at radius 1 is 1.07 bits per heavy atom. The van der Waals surface area contributed by atoms with Crippen LogP contribution in [0.4, 0.5) is 0 Å². The molecule has 15 heavy (non-hydrogen) atoms. The van der Waals surface area contributed by atoms with Gasteiger partial charge in [0.25, 0.3) is 0 Å². The smallest absolute Gasteiger partial charge is 0.107 e. The predicted octanol–water partition coefficient (Wildman–Crippen LogP) is 0.236. The van der Waals surface area contributed by atoms with Gasteiger partial charge in [-0.2, -0.15) is 0 Å². The molecule has 0 spiro atoms. The Kier molecular flexibility index (Phi) is 10.3. The molecule has 1 unspecified atom stereocenters. The van der Waals surface area contributed by atoms with Gasteiger partial charge < -0.3 is 15.7 Å². The molecule has 0 aromatic carbocycles. The summed E-state index contributed by atoms with van der Waals surface area (Å²) < 4.78 is 0. The first-order valence-corrected chi connectivity index (χ1v) is 5.97. The van der Waals surface area contributed by atoms with Crippen LogP contribution in [0.15, 0.2) is 0 Å². The van der Waals surface area contributed by atoms with Crippen LogP contribution in [0.1, 0.15) is 26.2 Å². The number of nitrogens with zero attached hydrogens (tertiary/aromatic N) is 1. The molecule has 0 radical (unpaired) electrons. The van der Waals surface area contributed by atoms with E-state index in [-0.39, 0.29) is 6.23 Å². The molecule has 92 valence electrons. The van der Waals surface area contributed by atoms with E-state index in [1.807, 2.05) is 21.0 Å². The Hall–Kier alpha value is -0.160. The van der Waals surface area contributed by atoms with E-state index in [0.29, 0.717) is 0 Å². The van der Waals surface area contributed by atoms with E-state index in [2.05, 4.69) is 15.5 Å². The first-order valence-electron chi connectivity index (χ1n) is 5.97. The molecule has 0 aromatic heterocycles. The SMILES string of the molecule is CCC(O)N(CCCNC)CCCNC. The second-order valence-corrected chi connectivity index (χ2v) is 3.84. The normalized spacial score (nSPS) is 13.4. The summed E-state index contributed by atoms with van der Waals surface area (Å²) in [6.45, 7) is 5.99. The van der Waals surface area contributed by atoms with E-state index >= 15 is 0 Å². The van der Waals surface area contributed by atoms with Crippen molar-refractivity contribution < 1.29 is 5.11 Å². The first kappa shape index (κ1) is 14.8. The maximum Gasteiger partial charge on any atom is 0.107 e. The molecule has 1 atom stereocenters. The van der Waals surface area contributed by atoms with Crippen molar-refractivity contribution >= 4 is 0 Å². The summed E-state index contributed by atoms with van der Waals surface area (Å²) in [4.78, 5) is 2.16. The summed E-state index contributed by atoms with van der Waals surface area (Å²) in [7, 11) is 3.92. The van der Waals surface area contributed by atoms with Crippen LogP contribution >= 0.6 is 0 Å². The van der Waals surface area contributed by atoms with Gasteiger partial charge in [-0.3, -0.25) is 4.90 Å². The zero-order chi connectivity index (χ0) is 11.5. The third kappa shape index (κ3) is 7.73. The van der Waals surface area contributed by atoms with Gasteiger partial charge in [-0.05, 0) is 46.4 Å². The van der Waals surface area contributed by atoms with Crippen molar-refractivity contribution in [2.75, 3.05) is 40.3 Å². The second kappa shape index (κ2) is 10.4. The Morgan fingerprint density at radius 3 is 1.87 bits per heavy atom. The van der Waals surface area contributed by atoms with Crippen molar-refractivity contribution in [2.24, 2.45) is 0 Å². The minimum absolute atomic E-state index is 0.279. The zero-order valence-electron chi connectivity index (χ0n) is 10.4. The summed E-state index contributed by atoms with van der Waals surface area (Å²) >= 11 is 0. The van der Waals surface area contributed by atoms with Crippen LogP contribution in [-0.2, 0) is 0 Å². The van der Waals surface area contributed by atoms with Crippen molar-refractivity contribution in [3.05, 3.63) is 0 Å². The van der Waals surface area contributed by atoms with E-state index in [0.717, 1.165) is 45.4 Å². The van der Waals surface area contributed by atoms with Crippen molar-refractivity contribution in [3.8, 4) is 0 Å². The highest BCUT2D eigenvalue weighted by molar-refractivity contribution is 4.62. The topological polar surface area (TPSA) is 47.5 Å². The molecule has 0 aliphatic carbocycles. The minimum Gasteiger partial charge on any atom is -0.378 e. The molecule has 0 aromatic rings. The number of nitrogens with one attached hydrogen (secondary N) is 2. The van der Waals surface area contributed by atoms with Gasteiger partial charge in [0, 0.05) is 13.1 Å². The number of rotatable bonds is 10. The van der Waals surface area contributed by atoms with E-state index in [1.54, 1.807) is 0 Å². The lowest BCUT2D eigenvalue weighted by Crippen LogP contribution is -2.38. The zero-order valence-corrected chi connectivity index (χ0v) is 10.4. The molecule has 4 heteroatoms. The fraction of sp³-hybridized carbons (Fsp3) is 1.00. The molecule has 3 N–H and O–H groups in total. The molecule has 0 amide bonds. The maximum atomic E-state index is 9.80. The van der Waals surface area contributed by atoms with Crippen molar-refractivity contribution in [3.63, 3.8) is 0 Å². The largest absolute Gasteiger partial charge is 0.378 e. The van der Waals surface area contributed by atoms with Gasteiger partial charge in [-0.15, -0.1) is 0 Å². The molecule has 0 aliphatic heterocycles. The number of aliphatic hydroxyl groups excluding tert-OH is 1. The Balaban J connectivity index is 3.73. The lowest BCUT2D eigenvalue weighted by Gasteiger charge is -2.27. The fourth-order valence-electron chi connectivity index (χ4n) is 1.59. The number of aliphatic hydroxyl groups is 1. The molecule has 0 bridgehead atoms. The maximum absolute atomic E-state index is 9.80. The molecule has 0 aliphatic rings. The molecular formula is C11H27N3O. The standard InChI is InChI=1S/C11H27N3O/c1-4-11(15)14(9-5-7-12-2)10-6-8-13-3/h11-13,15H,4-10H2,1-3H3. The van der Waals surface area contributed by atoms with Gasteiger partial charge in [0.05, 0.1) is 0 Å². The Bertz CT molecular complexity index is 123. The van der Waals surface area contributed by atoms with Crippen LogP contribution in [-0.4, -0.2) is 56.5 Å². The lowest BCUT2D eigenvalue weighted by molar-refractivity contribution is 0.0000518. The predicted molar refractivity (Wildman–Crippen MR) is 65.0 cm³/mol. The molecule has 0 saturated heterocycles. The second-order valence-electron chi connectivity index (χ2n) is 3.84. The van der Waals surface area contributed by atoms with Gasteiger partial charge in [0.1, 0.15) is 6.23 Å². The third-order valence-electron chi connectivity index (χ3n) is 2.53. The van der Waals surface area contributed by atoms with Gasteiger partial charge >= 0.3 is 0 Å². The van der Waals surface area contributed by atoms with Gasteiger partial charge in [-0.1, -0.05) is 6.92 Å². The Labute approximate surface area is 94.0 Å². The average molecular weight is 217 g/mol. The van der Waals surface area contributed by atoms with E-state index in [1.165, 1.54) is 0 Å². The molecule has 0 saturated carbocycles. The van der Waals surface area contributed by atoms with E-state index < -0.39 is 0 Å².